The molecule has 0 bridgehead atoms. The number of nitrogens with zero attached hydrogens (tertiary/aromatic N) is 1. The first-order valence-electron chi connectivity index (χ1n) is 5.70. The number of carbonyl (C=O) groups is 3. The van der Waals surface area contributed by atoms with Crippen molar-refractivity contribution in [2.75, 3.05) is 13.1 Å². The monoisotopic (exact) mass is 242 g/mol. The van der Waals surface area contributed by atoms with Crippen molar-refractivity contribution in [2.24, 2.45) is 5.92 Å². The Bertz CT molecular complexity index is 329. The molecule has 1 aliphatic heterocycles. The van der Waals surface area contributed by atoms with Crippen LogP contribution in [0.1, 0.15) is 26.7 Å². The molecule has 0 aliphatic carbocycles. The number of rotatable bonds is 4. The number of aliphatic carboxylic acids is 1. The molecule has 0 saturated carbocycles. The van der Waals surface area contributed by atoms with Crippen molar-refractivity contribution in [2.45, 2.75) is 32.7 Å². The minimum absolute atomic E-state index is 0.0276. The smallest absolute Gasteiger partial charge is 0.303 e. The van der Waals surface area contributed by atoms with E-state index in [-0.39, 0.29) is 30.6 Å². The molecule has 2 atom stereocenters. The van der Waals surface area contributed by atoms with E-state index in [1.165, 1.54) is 4.90 Å². The molecule has 96 valence electrons. The van der Waals surface area contributed by atoms with Crippen LogP contribution >= 0.6 is 0 Å². The lowest BCUT2D eigenvalue weighted by atomic mass is 10.0. The maximum atomic E-state index is 11.9. The summed E-state index contributed by atoms with van der Waals surface area (Å²) in [7, 11) is 0. The van der Waals surface area contributed by atoms with Crippen molar-refractivity contribution in [3.63, 3.8) is 0 Å². The highest BCUT2D eigenvalue weighted by Crippen LogP contribution is 2.13. The van der Waals surface area contributed by atoms with E-state index in [1.807, 2.05) is 0 Å². The molecule has 6 heteroatoms. The number of carbonyl (C=O) groups excluding carboxylic acids is 2. The van der Waals surface area contributed by atoms with E-state index in [9.17, 15) is 14.4 Å². The molecule has 0 aromatic rings. The van der Waals surface area contributed by atoms with Gasteiger partial charge in [-0.15, -0.1) is 0 Å². The molecule has 1 rings (SSSR count). The summed E-state index contributed by atoms with van der Waals surface area (Å²) < 4.78 is 0. The zero-order valence-electron chi connectivity index (χ0n) is 10.1. The number of amides is 2. The van der Waals surface area contributed by atoms with Crippen molar-refractivity contribution < 1.29 is 19.5 Å². The van der Waals surface area contributed by atoms with Crippen molar-refractivity contribution in [1.29, 1.82) is 0 Å². The van der Waals surface area contributed by atoms with Gasteiger partial charge in [0.15, 0.2) is 0 Å². The van der Waals surface area contributed by atoms with E-state index in [1.54, 1.807) is 13.8 Å². The summed E-state index contributed by atoms with van der Waals surface area (Å²) in [5, 5.41) is 11.3. The third kappa shape index (κ3) is 3.72. The van der Waals surface area contributed by atoms with Gasteiger partial charge in [0.1, 0.15) is 6.04 Å². The molecule has 1 fully saturated rings. The largest absolute Gasteiger partial charge is 0.481 e. The predicted molar refractivity (Wildman–Crippen MR) is 60.2 cm³/mol. The molecule has 1 aliphatic rings. The van der Waals surface area contributed by atoms with Crippen LogP contribution in [0, 0.1) is 5.92 Å². The molecular formula is C11H18N2O4. The van der Waals surface area contributed by atoms with Crippen LogP contribution in [0.2, 0.25) is 0 Å². The topological polar surface area (TPSA) is 86.7 Å². The second-order valence-corrected chi connectivity index (χ2v) is 4.46. The Hall–Kier alpha value is -1.59. The third-order valence-corrected chi connectivity index (χ3v) is 2.87. The molecule has 1 saturated heterocycles. The molecule has 2 N–H and O–H groups in total. The number of hydrogen-bond acceptors (Lipinski definition) is 3. The Labute approximate surface area is 100.0 Å². The Morgan fingerprint density at radius 1 is 1.53 bits per heavy atom. The van der Waals surface area contributed by atoms with Gasteiger partial charge in [-0.25, -0.2) is 0 Å². The Kier molecular flexibility index (Phi) is 4.48. The van der Waals surface area contributed by atoms with Gasteiger partial charge < -0.3 is 15.3 Å². The molecule has 6 nitrogen and oxygen atoms in total. The molecule has 17 heavy (non-hydrogen) atoms. The second-order valence-electron chi connectivity index (χ2n) is 4.46. The number of hydrogen-bond donors (Lipinski definition) is 2. The summed E-state index contributed by atoms with van der Waals surface area (Å²) in [6, 6.07) is -0.465. The van der Waals surface area contributed by atoms with E-state index < -0.39 is 12.0 Å². The fraction of sp³-hybridized carbons (Fsp3) is 0.727. The van der Waals surface area contributed by atoms with E-state index in [0.29, 0.717) is 13.1 Å². The highest BCUT2D eigenvalue weighted by atomic mass is 16.4. The summed E-state index contributed by atoms with van der Waals surface area (Å²) in [6.45, 7) is 4.35. The van der Waals surface area contributed by atoms with Gasteiger partial charge >= 0.3 is 5.97 Å². The number of nitrogens with one attached hydrogen (secondary N) is 1. The standard InChI is InChI=1S/C11H18N2O4/c1-7(6-10(15)16)5-9(14)13-4-3-12-11(17)8(13)2/h7-8H,3-6H2,1-2H3,(H,12,17)(H,15,16). The van der Waals surface area contributed by atoms with E-state index in [0.717, 1.165) is 0 Å². The number of carboxylic acid groups (broad SMARTS) is 1. The van der Waals surface area contributed by atoms with Gasteiger partial charge in [0.2, 0.25) is 11.8 Å². The first-order valence-corrected chi connectivity index (χ1v) is 5.70. The minimum Gasteiger partial charge on any atom is -0.481 e. The van der Waals surface area contributed by atoms with Crippen molar-refractivity contribution in [3.8, 4) is 0 Å². The summed E-state index contributed by atoms with van der Waals surface area (Å²) in [5.74, 6) is -1.43. The first-order chi connectivity index (χ1) is 7.91. The molecule has 2 amide bonds. The summed E-state index contributed by atoms with van der Waals surface area (Å²) in [5.41, 5.74) is 0. The Morgan fingerprint density at radius 2 is 2.18 bits per heavy atom. The lowest BCUT2D eigenvalue weighted by Gasteiger charge is -2.33. The molecule has 0 spiro atoms. The Morgan fingerprint density at radius 3 is 2.76 bits per heavy atom. The normalized spacial score (nSPS) is 21.9. The highest BCUT2D eigenvalue weighted by Gasteiger charge is 2.29. The highest BCUT2D eigenvalue weighted by molar-refractivity contribution is 5.88. The van der Waals surface area contributed by atoms with Crippen LogP contribution < -0.4 is 5.32 Å². The zero-order valence-corrected chi connectivity index (χ0v) is 10.1. The number of carboxylic acids is 1. The molecule has 0 radical (unpaired) electrons. The van der Waals surface area contributed by atoms with Gasteiger partial charge in [-0.05, 0) is 12.8 Å². The lowest BCUT2D eigenvalue weighted by Crippen LogP contribution is -2.56. The fourth-order valence-electron chi connectivity index (χ4n) is 1.91. The molecular weight excluding hydrogens is 224 g/mol. The minimum atomic E-state index is -0.908. The van der Waals surface area contributed by atoms with E-state index in [2.05, 4.69) is 5.32 Å². The first kappa shape index (κ1) is 13.5. The SMILES string of the molecule is CC(CC(=O)O)CC(=O)N1CCNC(=O)C1C. The van der Waals surface area contributed by atoms with Crippen LogP contribution in [0.5, 0.6) is 0 Å². The van der Waals surface area contributed by atoms with Crippen LogP contribution in [0.3, 0.4) is 0 Å². The zero-order chi connectivity index (χ0) is 13.0. The van der Waals surface area contributed by atoms with Crippen LogP contribution in [0.15, 0.2) is 0 Å². The Balaban J connectivity index is 2.51. The van der Waals surface area contributed by atoms with Crippen LogP contribution in [0.25, 0.3) is 0 Å². The van der Waals surface area contributed by atoms with Gasteiger partial charge in [-0.2, -0.15) is 0 Å². The quantitative estimate of drug-likeness (QED) is 0.717. The molecule has 1 heterocycles. The predicted octanol–water partition coefficient (Wildman–Crippen LogP) is -0.166. The lowest BCUT2D eigenvalue weighted by molar-refractivity contribution is -0.144. The maximum Gasteiger partial charge on any atom is 0.303 e. The fourth-order valence-corrected chi connectivity index (χ4v) is 1.91. The van der Waals surface area contributed by atoms with Crippen LogP contribution in [-0.4, -0.2) is 46.9 Å². The molecule has 0 aromatic heterocycles. The van der Waals surface area contributed by atoms with Crippen LogP contribution in [0.4, 0.5) is 0 Å². The van der Waals surface area contributed by atoms with Crippen molar-refractivity contribution in [1.82, 2.24) is 10.2 Å². The third-order valence-electron chi connectivity index (χ3n) is 2.87. The summed E-state index contributed by atoms with van der Waals surface area (Å²) in [4.78, 5) is 35.3. The average Bonchev–Trinajstić information content (AvgIpc) is 2.20. The number of piperazine rings is 1. The van der Waals surface area contributed by atoms with E-state index >= 15 is 0 Å². The van der Waals surface area contributed by atoms with Gasteiger partial charge in [0.25, 0.3) is 0 Å². The second kappa shape index (κ2) is 5.65. The average molecular weight is 242 g/mol. The van der Waals surface area contributed by atoms with Crippen molar-refractivity contribution in [3.05, 3.63) is 0 Å². The maximum absolute atomic E-state index is 11.9. The van der Waals surface area contributed by atoms with Crippen LogP contribution in [-0.2, 0) is 14.4 Å². The van der Waals surface area contributed by atoms with Gasteiger partial charge in [-0.3, -0.25) is 14.4 Å². The van der Waals surface area contributed by atoms with Gasteiger partial charge in [0, 0.05) is 25.9 Å². The van der Waals surface area contributed by atoms with E-state index in [4.69, 9.17) is 5.11 Å². The summed E-state index contributed by atoms with van der Waals surface area (Å²) in [6.07, 6.45) is 0.143. The molecule has 0 aromatic carbocycles. The summed E-state index contributed by atoms with van der Waals surface area (Å²) >= 11 is 0. The van der Waals surface area contributed by atoms with Gasteiger partial charge in [0.05, 0.1) is 0 Å². The van der Waals surface area contributed by atoms with Crippen molar-refractivity contribution >= 4 is 17.8 Å². The van der Waals surface area contributed by atoms with Gasteiger partial charge in [-0.1, -0.05) is 6.92 Å². The molecule has 2 unspecified atom stereocenters.